The molecule has 0 atom stereocenters. The van der Waals surface area contributed by atoms with Crippen LogP contribution in [0.3, 0.4) is 0 Å². The maximum atomic E-state index is 2.38. The van der Waals surface area contributed by atoms with Crippen molar-refractivity contribution in [3.8, 4) is 44.5 Å². The van der Waals surface area contributed by atoms with Crippen molar-refractivity contribution in [1.29, 1.82) is 0 Å². The van der Waals surface area contributed by atoms with Crippen molar-refractivity contribution in [1.82, 2.24) is 9.13 Å². The zero-order valence-electron chi connectivity index (χ0n) is 30.0. The Bertz CT molecular complexity index is 2360. The molecule has 4 nitrogen and oxygen atoms in total. The second-order valence-electron chi connectivity index (χ2n) is 13.6. The van der Waals surface area contributed by atoms with Crippen LogP contribution in [0.5, 0.6) is 0 Å². The molecule has 0 saturated carbocycles. The number of nitrogens with zero attached hydrogens (tertiary/aromatic N) is 4. The predicted molar refractivity (Wildman–Crippen MR) is 217 cm³/mol. The summed E-state index contributed by atoms with van der Waals surface area (Å²) in [5, 5.41) is 0. The SMILES string of the molecule is Cn1c2ccc1c(-c1ccccc1)c1[n+](C)c(c(-c3ccccc3)c3ccc(c(-c4ccccc4)c4[n+](C)c(c2-c2ccccc2)C=C4)n3C)C=C1. The predicted octanol–water partition coefficient (Wildman–Crippen LogP) is 10.2. The first kappa shape index (κ1) is 31.5. The second kappa shape index (κ2) is 12.7. The van der Waals surface area contributed by atoms with Crippen LogP contribution in [0.2, 0.25) is 0 Å². The lowest BCUT2D eigenvalue weighted by atomic mass is 10.0. The standard InChI is InChI=1S/C48H40N4/c1-49-37-25-26-38(49)46(34-19-11-6-12-20-34)40-28-30-42(51(40)3)48(36-23-15-8-16-24-36)44-32-31-43(52(44)4)47(35-21-13-7-14-22-35)41-29-27-39(50(41)2)45(37)33-17-9-5-10-18-33/h5-32H,1-4H3/q+2. The van der Waals surface area contributed by atoms with Crippen molar-refractivity contribution < 1.29 is 9.13 Å². The molecule has 9 rings (SSSR count). The highest BCUT2D eigenvalue weighted by molar-refractivity contribution is 5.98. The summed E-state index contributed by atoms with van der Waals surface area (Å²) in [5.74, 6) is 0. The van der Waals surface area contributed by atoms with E-state index >= 15 is 0 Å². The zero-order chi connectivity index (χ0) is 35.3. The summed E-state index contributed by atoms with van der Waals surface area (Å²) in [5.41, 5.74) is 18.7. The van der Waals surface area contributed by atoms with E-state index in [1.807, 2.05) is 0 Å². The first-order chi connectivity index (χ1) is 25.5. The van der Waals surface area contributed by atoms with E-state index < -0.39 is 0 Å². The van der Waals surface area contributed by atoms with E-state index in [0.717, 1.165) is 44.8 Å². The topological polar surface area (TPSA) is 17.6 Å². The van der Waals surface area contributed by atoms with Gasteiger partial charge >= 0.3 is 0 Å². The van der Waals surface area contributed by atoms with Gasteiger partial charge in [0.05, 0.1) is 44.3 Å². The molecule has 4 heteroatoms. The Morgan fingerprint density at radius 1 is 0.308 bits per heavy atom. The largest absolute Gasteiger partial charge is 0.343 e. The fourth-order valence-electron chi connectivity index (χ4n) is 8.18. The van der Waals surface area contributed by atoms with Crippen LogP contribution in [0, 0.1) is 0 Å². The number of hydrogen-bond acceptors (Lipinski definition) is 0. The summed E-state index contributed by atoms with van der Waals surface area (Å²) in [6.07, 6.45) is 9.17. The van der Waals surface area contributed by atoms with E-state index in [1.165, 1.54) is 44.5 Å². The quantitative estimate of drug-likeness (QED) is 0.166. The monoisotopic (exact) mass is 672 g/mol. The van der Waals surface area contributed by atoms with Gasteiger partial charge in [0.15, 0.2) is 0 Å². The highest BCUT2D eigenvalue weighted by atomic mass is 15.0. The van der Waals surface area contributed by atoms with Crippen molar-refractivity contribution in [2.24, 2.45) is 28.2 Å². The lowest BCUT2D eigenvalue weighted by molar-refractivity contribution is -0.671. The van der Waals surface area contributed by atoms with Crippen LogP contribution in [-0.4, -0.2) is 9.13 Å². The number of fused-ring (bicyclic) bond motifs is 8. The summed E-state index contributed by atoms with van der Waals surface area (Å²) < 4.78 is 9.51. The zero-order valence-corrected chi connectivity index (χ0v) is 30.0. The van der Waals surface area contributed by atoms with Crippen LogP contribution in [0.1, 0.15) is 22.8 Å². The molecule has 0 radical (unpaired) electrons. The number of aryl methyl sites for hydroxylation is 2. The molecule has 2 aliphatic heterocycles. The molecule has 8 bridgehead atoms. The molecule has 52 heavy (non-hydrogen) atoms. The Balaban J connectivity index is 1.58. The van der Waals surface area contributed by atoms with Gasteiger partial charge in [-0.15, -0.1) is 0 Å². The Morgan fingerprint density at radius 2 is 0.519 bits per heavy atom. The lowest BCUT2D eigenvalue weighted by Crippen LogP contribution is -2.33. The summed E-state index contributed by atoms with van der Waals surface area (Å²) in [6.45, 7) is 0. The number of benzene rings is 4. The lowest BCUT2D eigenvalue weighted by Gasteiger charge is -2.10. The molecule has 0 unspecified atom stereocenters. The smallest absolute Gasteiger partial charge is 0.215 e. The Labute approximate surface area is 304 Å². The summed E-state index contributed by atoms with van der Waals surface area (Å²) in [4.78, 5) is 0. The molecular weight excluding hydrogens is 633 g/mol. The molecule has 2 aliphatic rings. The molecule has 0 N–H and O–H groups in total. The van der Waals surface area contributed by atoms with Gasteiger partial charge in [-0.1, -0.05) is 121 Å². The molecule has 7 aromatic rings. The van der Waals surface area contributed by atoms with Gasteiger partial charge < -0.3 is 9.13 Å². The van der Waals surface area contributed by atoms with Gasteiger partial charge in [0.2, 0.25) is 22.8 Å². The van der Waals surface area contributed by atoms with Gasteiger partial charge in [0.1, 0.15) is 14.1 Å². The van der Waals surface area contributed by atoms with E-state index in [2.05, 4.69) is 216 Å². The summed E-state index contributed by atoms with van der Waals surface area (Å²) in [6, 6.07) is 52.4. The van der Waals surface area contributed by atoms with Gasteiger partial charge in [0, 0.05) is 38.4 Å². The molecule has 3 aromatic heterocycles. The third-order valence-electron chi connectivity index (χ3n) is 10.8. The van der Waals surface area contributed by atoms with Crippen molar-refractivity contribution in [2.75, 3.05) is 0 Å². The Morgan fingerprint density at radius 3 is 0.731 bits per heavy atom. The van der Waals surface area contributed by atoms with E-state index in [0.29, 0.717) is 0 Å². The number of hydrogen-bond donors (Lipinski definition) is 0. The minimum Gasteiger partial charge on any atom is -0.343 e. The molecule has 4 aromatic carbocycles. The van der Waals surface area contributed by atoms with Gasteiger partial charge in [-0.2, -0.15) is 9.13 Å². The van der Waals surface area contributed by atoms with Crippen molar-refractivity contribution in [3.05, 3.63) is 168 Å². The summed E-state index contributed by atoms with van der Waals surface area (Å²) in [7, 11) is 8.84. The van der Waals surface area contributed by atoms with Crippen molar-refractivity contribution >= 4 is 46.4 Å². The third-order valence-corrected chi connectivity index (χ3v) is 10.8. The fraction of sp³-hybridized carbons (Fsp3) is 0.0833. The Kier molecular flexibility index (Phi) is 7.66. The van der Waals surface area contributed by atoms with Crippen LogP contribution < -0.4 is 9.13 Å². The highest BCUT2D eigenvalue weighted by Gasteiger charge is 2.29. The van der Waals surface area contributed by atoms with Crippen LogP contribution in [0.15, 0.2) is 146 Å². The molecule has 0 amide bonds. The Hall–Kier alpha value is -6.52. The molecule has 250 valence electrons. The summed E-state index contributed by atoms with van der Waals surface area (Å²) >= 11 is 0. The second-order valence-corrected chi connectivity index (χ2v) is 13.6. The van der Waals surface area contributed by atoms with Crippen LogP contribution in [0.4, 0.5) is 0 Å². The van der Waals surface area contributed by atoms with Crippen LogP contribution >= 0.6 is 0 Å². The average molecular weight is 673 g/mol. The highest BCUT2D eigenvalue weighted by Crippen LogP contribution is 2.38. The first-order valence-electron chi connectivity index (χ1n) is 17.9. The van der Waals surface area contributed by atoms with Crippen molar-refractivity contribution in [2.45, 2.75) is 0 Å². The molecule has 5 heterocycles. The third kappa shape index (κ3) is 4.98. The fourth-order valence-corrected chi connectivity index (χ4v) is 8.18. The molecular formula is C48H40N4+2. The number of rotatable bonds is 4. The van der Waals surface area contributed by atoms with Crippen LogP contribution in [-0.2, 0) is 28.2 Å². The van der Waals surface area contributed by atoms with Gasteiger partial charge in [-0.05, 0) is 46.5 Å². The van der Waals surface area contributed by atoms with Gasteiger partial charge in [-0.25, -0.2) is 0 Å². The number of aromatic nitrogens is 4. The molecule has 0 aliphatic carbocycles. The van der Waals surface area contributed by atoms with E-state index in [-0.39, 0.29) is 0 Å². The van der Waals surface area contributed by atoms with Gasteiger partial charge in [0.25, 0.3) is 0 Å². The maximum Gasteiger partial charge on any atom is 0.215 e. The molecule has 0 spiro atoms. The van der Waals surface area contributed by atoms with E-state index in [1.54, 1.807) is 0 Å². The molecule has 0 saturated heterocycles. The van der Waals surface area contributed by atoms with E-state index in [9.17, 15) is 0 Å². The van der Waals surface area contributed by atoms with Gasteiger partial charge in [-0.3, -0.25) is 0 Å². The first-order valence-corrected chi connectivity index (χ1v) is 17.9. The molecule has 0 fully saturated rings. The maximum absolute atomic E-state index is 2.38. The minimum atomic E-state index is 1.16. The van der Waals surface area contributed by atoms with Crippen LogP contribution in [0.25, 0.3) is 90.9 Å². The van der Waals surface area contributed by atoms with Crippen molar-refractivity contribution in [3.63, 3.8) is 0 Å². The minimum absolute atomic E-state index is 1.16. The van der Waals surface area contributed by atoms with E-state index in [4.69, 9.17) is 0 Å². The average Bonchev–Trinajstić information content (AvgIpc) is 3.96. The normalized spacial score (nSPS) is 12.1.